The molecule has 2 heteroatoms. The second-order valence-corrected chi connectivity index (χ2v) is 5.58. The van der Waals surface area contributed by atoms with Gasteiger partial charge < -0.3 is 9.47 Å². The minimum atomic E-state index is 0.356. The summed E-state index contributed by atoms with van der Waals surface area (Å²) >= 11 is 0. The van der Waals surface area contributed by atoms with Crippen molar-refractivity contribution in [3.05, 3.63) is 54.6 Å². The first-order valence-electron chi connectivity index (χ1n) is 7.82. The lowest BCUT2D eigenvalue weighted by molar-refractivity contribution is -0.0496. The molecular formula is C19H22O2. The van der Waals surface area contributed by atoms with Crippen molar-refractivity contribution in [1.29, 1.82) is 0 Å². The Balaban J connectivity index is 1.50. The lowest BCUT2D eigenvalue weighted by atomic mass is 9.98. The number of hydrogen-bond acceptors (Lipinski definition) is 2. The second-order valence-electron chi connectivity index (χ2n) is 5.58. The Morgan fingerprint density at radius 3 is 2.14 bits per heavy atom. The quantitative estimate of drug-likeness (QED) is 0.715. The fraction of sp³-hybridized carbons (Fsp3) is 0.368. The summed E-state index contributed by atoms with van der Waals surface area (Å²) in [7, 11) is 0. The predicted octanol–water partition coefficient (Wildman–Crippen LogP) is 5.04. The van der Waals surface area contributed by atoms with Crippen molar-refractivity contribution in [1.82, 2.24) is 0 Å². The van der Waals surface area contributed by atoms with E-state index in [1.54, 1.807) is 0 Å². The van der Waals surface area contributed by atoms with Crippen LogP contribution in [0.15, 0.2) is 54.6 Å². The molecule has 3 rings (SSSR count). The molecule has 0 aliphatic heterocycles. The SMILES string of the molecule is c1ccc(-c2ccc(OCOC3CCCCC3)cc2)cc1. The summed E-state index contributed by atoms with van der Waals surface area (Å²) in [6.45, 7) is 0.356. The fourth-order valence-electron chi connectivity index (χ4n) is 2.80. The van der Waals surface area contributed by atoms with Gasteiger partial charge in [0.2, 0.25) is 0 Å². The van der Waals surface area contributed by atoms with E-state index in [4.69, 9.17) is 9.47 Å². The smallest absolute Gasteiger partial charge is 0.189 e. The highest BCUT2D eigenvalue weighted by Crippen LogP contribution is 2.23. The highest BCUT2D eigenvalue weighted by Gasteiger charge is 2.13. The molecule has 0 N–H and O–H groups in total. The van der Waals surface area contributed by atoms with E-state index >= 15 is 0 Å². The van der Waals surface area contributed by atoms with Gasteiger partial charge in [0.1, 0.15) is 5.75 Å². The molecule has 0 spiro atoms. The number of benzene rings is 2. The van der Waals surface area contributed by atoms with E-state index in [0.717, 1.165) is 5.75 Å². The fourth-order valence-corrected chi connectivity index (χ4v) is 2.80. The number of ether oxygens (including phenoxy) is 2. The second kappa shape index (κ2) is 7.28. The van der Waals surface area contributed by atoms with E-state index in [1.165, 1.54) is 43.2 Å². The molecule has 1 aliphatic rings. The first kappa shape index (κ1) is 14.2. The normalized spacial score (nSPS) is 15.8. The molecule has 1 aliphatic carbocycles. The molecule has 0 heterocycles. The van der Waals surface area contributed by atoms with E-state index in [0.29, 0.717) is 12.9 Å². The zero-order valence-corrected chi connectivity index (χ0v) is 12.3. The molecule has 0 atom stereocenters. The molecule has 2 nitrogen and oxygen atoms in total. The summed E-state index contributed by atoms with van der Waals surface area (Å²) in [5.74, 6) is 0.866. The van der Waals surface area contributed by atoms with Crippen molar-refractivity contribution in [2.75, 3.05) is 6.79 Å². The minimum absolute atomic E-state index is 0.356. The maximum Gasteiger partial charge on any atom is 0.189 e. The van der Waals surface area contributed by atoms with Crippen LogP contribution in [-0.2, 0) is 4.74 Å². The van der Waals surface area contributed by atoms with Crippen LogP contribution in [0.5, 0.6) is 5.75 Å². The van der Waals surface area contributed by atoms with E-state index in [9.17, 15) is 0 Å². The van der Waals surface area contributed by atoms with Gasteiger partial charge in [-0.15, -0.1) is 0 Å². The molecule has 0 radical (unpaired) electrons. The van der Waals surface area contributed by atoms with Crippen LogP contribution in [0.3, 0.4) is 0 Å². The van der Waals surface area contributed by atoms with Crippen LogP contribution in [0.2, 0.25) is 0 Å². The van der Waals surface area contributed by atoms with Gasteiger partial charge in [-0.2, -0.15) is 0 Å². The summed E-state index contributed by atoms with van der Waals surface area (Å²) in [4.78, 5) is 0. The summed E-state index contributed by atoms with van der Waals surface area (Å²) in [5, 5.41) is 0. The summed E-state index contributed by atoms with van der Waals surface area (Å²) < 4.78 is 11.5. The Morgan fingerprint density at radius 2 is 1.43 bits per heavy atom. The zero-order valence-electron chi connectivity index (χ0n) is 12.3. The summed E-state index contributed by atoms with van der Waals surface area (Å²) in [6.07, 6.45) is 6.67. The first-order chi connectivity index (χ1) is 10.4. The van der Waals surface area contributed by atoms with E-state index in [-0.39, 0.29) is 0 Å². The third kappa shape index (κ3) is 4.08. The van der Waals surface area contributed by atoms with Crippen LogP contribution in [0.1, 0.15) is 32.1 Å². The van der Waals surface area contributed by atoms with Crippen molar-refractivity contribution in [2.45, 2.75) is 38.2 Å². The Kier molecular flexibility index (Phi) is 4.90. The average molecular weight is 282 g/mol. The van der Waals surface area contributed by atoms with Gasteiger partial charge in [-0.1, -0.05) is 61.7 Å². The van der Waals surface area contributed by atoms with Crippen LogP contribution >= 0.6 is 0 Å². The average Bonchev–Trinajstić information content (AvgIpc) is 2.57. The van der Waals surface area contributed by atoms with Gasteiger partial charge in [-0.25, -0.2) is 0 Å². The maximum absolute atomic E-state index is 5.78. The predicted molar refractivity (Wildman–Crippen MR) is 85.3 cm³/mol. The standard InChI is InChI=1S/C19H22O2/c1-3-7-16(8-4-1)17-11-13-19(14-12-17)21-15-20-18-9-5-2-6-10-18/h1,3-4,7-8,11-14,18H,2,5-6,9-10,15H2. The van der Waals surface area contributed by atoms with Crippen LogP contribution in [0.4, 0.5) is 0 Å². The third-order valence-electron chi connectivity index (χ3n) is 4.04. The van der Waals surface area contributed by atoms with E-state index in [1.807, 2.05) is 18.2 Å². The molecule has 0 aromatic heterocycles. The molecule has 1 saturated carbocycles. The van der Waals surface area contributed by atoms with Gasteiger partial charge >= 0.3 is 0 Å². The van der Waals surface area contributed by atoms with Crippen LogP contribution in [0.25, 0.3) is 11.1 Å². The van der Waals surface area contributed by atoms with Crippen molar-refractivity contribution in [3.8, 4) is 16.9 Å². The van der Waals surface area contributed by atoms with Crippen LogP contribution in [-0.4, -0.2) is 12.9 Å². The van der Waals surface area contributed by atoms with Crippen molar-refractivity contribution in [2.24, 2.45) is 0 Å². The molecule has 0 saturated heterocycles. The summed E-state index contributed by atoms with van der Waals surface area (Å²) in [6, 6.07) is 18.6. The minimum Gasteiger partial charge on any atom is -0.468 e. The molecular weight excluding hydrogens is 260 g/mol. The van der Waals surface area contributed by atoms with Gasteiger partial charge in [0, 0.05) is 0 Å². The molecule has 0 bridgehead atoms. The van der Waals surface area contributed by atoms with Crippen molar-refractivity contribution in [3.63, 3.8) is 0 Å². The van der Waals surface area contributed by atoms with E-state index < -0.39 is 0 Å². The lowest BCUT2D eigenvalue weighted by Gasteiger charge is -2.21. The van der Waals surface area contributed by atoms with E-state index in [2.05, 4.69) is 36.4 Å². The van der Waals surface area contributed by atoms with Gasteiger partial charge in [-0.3, -0.25) is 0 Å². The highest BCUT2D eigenvalue weighted by atomic mass is 16.7. The monoisotopic (exact) mass is 282 g/mol. The number of hydrogen-bond donors (Lipinski definition) is 0. The molecule has 2 aromatic rings. The maximum atomic E-state index is 5.78. The zero-order chi connectivity index (χ0) is 14.3. The van der Waals surface area contributed by atoms with Crippen molar-refractivity contribution >= 4 is 0 Å². The molecule has 0 unspecified atom stereocenters. The van der Waals surface area contributed by atoms with Gasteiger partial charge in [0.25, 0.3) is 0 Å². The van der Waals surface area contributed by atoms with Gasteiger partial charge in [-0.05, 0) is 36.1 Å². The Labute approximate surface area is 126 Å². The Bertz CT molecular complexity index is 527. The lowest BCUT2D eigenvalue weighted by Crippen LogP contribution is -2.19. The van der Waals surface area contributed by atoms with Crippen molar-refractivity contribution < 1.29 is 9.47 Å². The summed E-state index contributed by atoms with van der Waals surface area (Å²) in [5.41, 5.74) is 2.43. The third-order valence-corrected chi connectivity index (χ3v) is 4.04. The topological polar surface area (TPSA) is 18.5 Å². The van der Waals surface area contributed by atoms with Gasteiger partial charge in [0.05, 0.1) is 6.10 Å². The molecule has 0 amide bonds. The molecule has 2 aromatic carbocycles. The first-order valence-corrected chi connectivity index (χ1v) is 7.82. The van der Waals surface area contributed by atoms with Gasteiger partial charge in [0.15, 0.2) is 6.79 Å². The molecule has 21 heavy (non-hydrogen) atoms. The van der Waals surface area contributed by atoms with Crippen LogP contribution in [0, 0.1) is 0 Å². The Morgan fingerprint density at radius 1 is 0.762 bits per heavy atom. The number of rotatable bonds is 5. The van der Waals surface area contributed by atoms with Crippen LogP contribution < -0.4 is 4.74 Å². The molecule has 110 valence electrons. The highest BCUT2D eigenvalue weighted by molar-refractivity contribution is 5.63. The molecule has 1 fully saturated rings. The Hall–Kier alpha value is -1.80. The largest absolute Gasteiger partial charge is 0.468 e.